The zero-order valence-corrected chi connectivity index (χ0v) is 14.2. The molecule has 5 unspecified atom stereocenters. The predicted octanol–water partition coefficient (Wildman–Crippen LogP) is 3.88. The van der Waals surface area contributed by atoms with E-state index in [1.165, 1.54) is 51.5 Å². The highest BCUT2D eigenvalue weighted by Gasteiger charge is 2.46. The van der Waals surface area contributed by atoms with Gasteiger partial charge in [-0.3, -0.25) is 0 Å². The molecular formula is C19H34N2. The number of hydrogen-bond acceptors (Lipinski definition) is 2. The molecule has 0 bridgehead atoms. The van der Waals surface area contributed by atoms with Crippen LogP contribution in [0.2, 0.25) is 0 Å². The Morgan fingerprint density at radius 3 is 2.81 bits per heavy atom. The van der Waals surface area contributed by atoms with E-state index in [9.17, 15) is 0 Å². The lowest BCUT2D eigenvalue weighted by molar-refractivity contribution is 0.0749. The van der Waals surface area contributed by atoms with Crippen molar-refractivity contribution in [1.82, 2.24) is 10.6 Å². The lowest BCUT2D eigenvalue weighted by Crippen LogP contribution is -2.64. The van der Waals surface area contributed by atoms with E-state index in [0.717, 1.165) is 12.0 Å². The molecule has 1 saturated carbocycles. The molecule has 2 N–H and O–H groups in total. The van der Waals surface area contributed by atoms with Gasteiger partial charge in [0.05, 0.1) is 0 Å². The Balaban J connectivity index is 1.77. The quantitative estimate of drug-likeness (QED) is 0.606. The summed E-state index contributed by atoms with van der Waals surface area (Å²) in [6, 6.07) is 2.16. The van der Waals surface area contributed by atoms with Gasteiger partial charge in [0.2, 0.25) is 0 Å². The standard InChI is InChI=1S/C19H34N2/c1-4-5-12-20-18-14-8-6-7-9-16(14)21-17-13-19(2,3)11-10-15(17)18/h10-11,14-18,20-21H,4-9,12-13H2,1-3H3. The molecule has 1 heterocycles. The van der Waals surface area contributed by atoms with Gasteiger partial charge < -0.3 is 10.6 Å². The van der Waals surface area contributed by atoms with E-state index < -0.39 is 0 Å². The summed E-state index contributed by atoms with van der Waals surface area (Å²) in [5.74, 6) is 1.55. The molecule has 21 heavy (non-hydrogen) atoms. The summed E-state index contributed by atoms with van der Waals surface area (Å²) in [6.07, 6.45) is 14.6. The highest BCUT2D eigenvalue weighted by molar-refractivity contribution is 5.16. The van der Waals surface area contributed by atoms with Gasteiger partial charge in [-0.2, -0.15) is 0 Å². The van der Waals surface area contributed by atoms with Crippen LogP contribution in [0.1, 0.15) is 65.7 Å². The number of rotatable bonds is 4. The molecule has 3 rings (SSSR count). The van der Waals surface area contributed by atoms with E-state index >= 15 is 0 Å². The van der Waals surface area contributed by atoms with Crippen LogP contribution in [-0.4, -0.2) is 24.7 Å². The van der Waals surface area contributed by atoms with Gasteiger partial charge >= 0.3 is 0 Å². The third-order valence-corrected chi connectivity index (χ3v) is 6.01. The number of nitrogens with one attached hydrogen (secondary N) is 2. The summed E-state index contributed by atoms with van der Waals surface area (Å²) in [5, 5.41) is 8.00. The molecule has 1 saturated heterocycles. The molecule has 0 amide bonds. The predicted molar refractivity (Wildman–Crippen MR) is 90.4 cm³/mol. The maximum absolute atomic E-state index is 4.04. The van der Waals surface area contributed by atoms with Crippen LogP contribution >= 0.6 is 0 Å². The summed E-state index contributed by atoms with van der Waals surface area (Å²) < 4.78 is 0. The number of hydrogen-bond donors (Lipinski definition) is 2. The van der Waals surface area contributed by atoms with Crippen molar-refractivity contribution in [2.75, 3.05) is 6.54 Å². The van der Waals surface area contributed by atoms with Gasteiger partial charge in [0.25, 0.3) is 0 Å². The van der Waals surface area contributed by atoms with Crippen molar-refractivity contribution in [3.8, 4) is 0 Å². The second kappa shape index (κ2) is 6.42. The molecule has 2 heteroatoms. The highest BCUT2D eigenvalue weighted by atomic mass is 15.1. The van der Waals surface area contributed by atoms with E-state index in [4.69, 9.17) is 0 Å². The highest BCUT2D eigenvalue weighted by Crippen LogP contribution is 2.42. The lowest BCUT2D eigenvalue weighted by atomic mass is 9.64. The molecule has 5 atom stereocenters. The molecule has 2 aliphatic carbocycles. The van der Waals surface area contributed by atoms with Crippen LogP contribution < -0.4 is 10.6 Å². The third-order valence-electron chi connectivity index (χ3n) is 6.01. The van der Waals surface area contributed by atoms with Gasteiger partial charge in [-0.05, 0) is 43.6 Å². The van der Waals surface area contributed by atoms with E-state index in [1.54, 1.807) is 0 Å². The van der Waals surface area contributed by atoms with Gasteiger partial charge in [0.1, 0.15) is 0 Å². The van der Waals surface area contributed by atoms with Crippen LogP contribution in [-0.2, 0) is 0 Å². The molecule has 3 aliphatic rings. The van der Waals surface area contributed by atoms with Gasteiger partial charge in [0, 0.05) is 24.0 Å². The van der Waals surface area contributed by atoms with Gasteiger partial charge in [-0.15, -0.1) is 0 Å². The van der Waals surface area contributed by atoms with E-state index in [-0.39, 0.29) is 0 Å². The first-order valence-electron chi connectivity index (χ1n) is 9.29. The molecule has 0 aromatic rings. The average molecular weight is 290 g/mol. The van der Waals surface area contributed by atoms with Crippen molar-refractivity contribution in [1.29, 1.82) is 0 Å². The van der Waals surface area contributed by atoms with Gasteiger partial charge in [0.15, 0.2) is 0 Å². The first-order chi connectivity index (χ1) is 10.1. The van der Waals surface area contributed by atoms with E-state index in [1.807, 2.05) is 0 Å². The fraction of sp³-hybridized carbons (Fsp3) is 0.895. The molecule has 120 valence electrons. The Morgan fingerprint density at radius 2 is 2.00 bits per heavy atom. The van der Waals surface area contributed by atoms with Crippen molar-refractivity contribution in [2.45, 2.75) is 83.8 Å². The van der Waals surface area contributed by atoms with Crippen LogP contribution in [0.25, 0.3) is 0 Å². The van der Waals surface area contributed by atoms with E-state index in [2.05, 4.69) is 43.6 Å². The minimum Gasteiger partial charge on any atom is -0.313 e. The lowest BCUT2D eigenvalue weighted by Gasteiger charge is -2.52. The van der Waals surface area contributed by atoms with Crippen molar-refractivity contribution in [3.05, 3.63) is 12.2 Å². The Bertz CT molecular complexity index is 374. The second-order valence-electron chi connectivity index (χ2n) is 8.29. The zero-order valence-electron chi connectivity index (χ0n) is 14.2. The summed E-state index contributed by atoms with van der Waals surface area (Å²) in [6.45, 7) is 8.26. The number of fused-ring (bicyclic) bond motifs is 2. The van der Waals surface area contributed by atoms with Crippen molar-refractivity contribution in [2.24, 2.45) is 17.3 Å². The SMILES string of the molecule is CCCCNC1C2C=CC(C)(C)CC2NC2CCCCC21. The number of unbranched alkanes of at least 4 members (excludes halogenated alkanes) is 1. The average Bonchev–Trinajstić information content (AvgIpc) is 2.45. The molecule has 2 nitrogen and oxygen atoms in total. The first-order valence-corrected chi connectivity index (χ1v) is 9.29. The van der Waals surface area contributed by atoms with Gasteiger partial charge in [-0.1, -0.05) is 52.2 Å². The minimum atomic E-state index is 0.365. The Hall–Kier alpha value is -0.340. The molecule has 1 aliphatic heterocycles. The van der Waals surface area contributed by atoms with Crippen LogP contribution in [0, 0.1) is 17.3 Å². The van der Waals surface area contributed by atoms with Crippen LogP contribution in [0.4, 0.5) is 0 Å². The normalized spacial score (nSPS) is 41.4. The topological polar surface area (TPSA) is 24.1 Å². The van der Waals surface area contributed by atoms with Crippen LogP contribution in [0.3, 0.4) is 0 Å². The molecule has 0 aromatic carbocycles. The number of allylic oxidation sites excluding steroid dienone is 1. The van der Waals surface area contributed by atoms with E-state index in [0.29, 0.717) is 23.4 Å². The monoisotopic (exact) mass is 290 g/mol. The summed E-state index contributed by atoms with van der Waals surface area (Å²) in [7, 11) is 0. The molecule has 2 fully saturated rings. The Kier molecular flexibility index (Phi) is 4.75. The first kappa shape index (κ1) is 15.6. The zero-order chi connectivity index (χ0) is 14.9. The minimum absolute atomic E-state index is 0.365. The van der Waals surface area contributed by atoms with Crippen molar-refractivity contribution >= 4 is 0 Å². The third kappa shape index (κ3) is 3.37. The van der Waals surface area contributed by atoms with Crippen LogP contribution in [0.15, 0.2) is 12.2 Å². The molecule has 0 spiro atoms. The number of piperidine rings is 1. The maximum Gasteiger partial charge on any atom is 0.0188 e. The Labute approximate surface area is 131 Å². The summed E-state index contributed by atoms with van der Waals surface area (Å²) >= 11 is 0. The Morgan fingerprint density at radius 1 is 1.19 bits per heavy atom. The fourth-order valence-corrected chi connectivity index (χ4v) is 4.91. The van der Waals surface area contributed by atoms with Crippen molar-refractivity contribution in [3.63, 3.8) is 0 Å². The summed E-state index contributed by atoms with van der Waals surface area (Å²) in [4.78, 5) is 0. The maximum atomic E-state index is 4.04. The molecular weight excluding hydrogens is 256 g/mol. The smallest absolute Gasteiger partial charge is 0.0188 e. The second-order valence-corrected chi connectivity index (χ2v) is 8.29. The molecule has 0 radical (unpaired) electrons. The van der Waals surface area contributed by atoms with Gasteiger partial charge in [-0.25, -0.2) is 0 Å². The van der Waals surface area contributed by atoms with Crippen LogP contribution in [0.5, 0.6) is 0 Å². The fourth-order valence-electron chi connectivity index (χ4n) is 4.91. The summed E-state index contributed by atoms with van der Waals surface area (Å²) in [5.41, 5.74) is 0.365. The largest absolute Gasteiger partial charge is 0.313 e. The molecule has 0 aromatic heterocycles. The van der Waals surface area contributed by atoms with Crippen molar-refractivity contribution < 1.29 is 0 Å².